The molecule has 2 N–H and O–H groups in total. The maximum absolute atomic E-state index is 5.84. The van der Waals surface area contributed by atoms with Crippen molar-refractivity contribution in [3.05, 3.63) is 11.2 Å². The lowest BCUT2D eigenvalue weighted by Crippen LogP contribution is -2.12. The number of nitrogens with two attached hydrogens (primary N) is 1. The second-order valence-corrected chi connectivity index (χ2v) is 4.80. The van der Waals surface area contributed by atoms with Crippen LogP contribution in [0.3, 0.4) is 0 Å². The number of aryl methyl sites for hydroxylation is 1. The molecule has 1 fully saturated rings. The van der Waals surface area contributed by atoms with Gasteiger partial charge < -0.3 is 5.73 Å². The van der Waals surface area contributed by atoms with Crippen molar-refractivity contribution in [2.75, 3.05) is 5.73 Å². The van der Waals surface area contributed by atoms with E-state index in [1.807, 2.05) is 4.68 Å². The summed E-state index contributed by atoms with van der Waals surface area (Å²) >= 11 is 5.84. The molecular weight excluding hydrogens is 210 g/mol. The minimum absolute atomic E-state index is 0.568. The number of nitrogen functional groups attached to an aromatic ring is 1. The van der Waals surface area contributed by atoms with Crippen molar-refractivity contribution in [1.29, 1.82) is 0 Å². The Balaban J connectivity index is 1.84. The minimum Gasteiger partial charge on any atom is -0.383 e. The number of hydrogen-bond acceptors (Lipinski definition) is 2. The number of anilines is 1. The average molecular weight is 228 g/mol. The summed E-state index contributed by atoms with van der Waals surface area (Å²) in [6.07, 6.45) is 9.73. The van der Waals surface area contributed by atoms with E-state index in [1.165, 1.54) is 38.5 Å². The molecule has 4 heteroatoms. The largest absolute Gasteiger partial charge is 0.383 e. The first kappa shape index (κ1) is 10.8. The summed E-state index contributed by atoms with van der Waals surface area (Å²) in [5.41, 5.74) is 5.79. The van der Waals surface area contributed by atoms with E-state index in [0.717, 1.165) is 12.5 Å². The highest BCUT2D eigenvalue weighted by Gasteiger charge is 2.14. The lowest BCUT2D eigenvalue weighted by molar-refractivity contribution is 0.320. The first-order valence-corrected chi connectivity index (χ1v) is 6.12. The number of halogens is 1. The molecule has 1 heterocycles. The fraction of sp³-hybridized carbons (Fsp3) is 0.727. The van der Waals surface area contributed by atoms with Crippen LogP contribution in [-0.2, 0) is 6.54 Å². The van der Waals surface area contributed by atoms with Crippen molar-refractivity contribution in [1.82, 2.24) is 9.78 Å². The zero-order valence-corrected chi connectivity index (χ0v) is 9.71. The van der Waals surface area contributed by atoms with Gasteiger partial charge in [0.15, 0.2) is 0 Å². The zero-order valence-electron chi connectivity index (χ0n) is 8.95. The third-order valence-corrected chi connectivity index (χ3v) is 3.60. The van der Waals surface area contributed by atoms with Gasteiger partial charge in [0, 0.05) is 6.54 Å². The molecule has 0 spiro atoms. The smallest absolute Gasteiger partial charge is 0.140 e. The van der Waals surface area contributed by atoms with Gasteiger partial charge in [0.2, 0.25) is 0 Å². The van der Waals surface area contributed by atoms with Gasteiger partial charge in [-0.15, -0.1) is 0 Å². The number of hydrogen-bond donors (Lipinski definition) is 1. The summed E-state index contributed by atoms with van der Waals surface area (Å²) < 4.78 is 1.82. The summed E-state index contributed by atoms with van der Waals surface area (Å²) in [6.45, 7) is 0.906. The summed E-state index contributed by atoms with van der Waals surface area (Å²) in [7, 11) is 0. The van der Waals surface area contributed by atoms with Crippen LogP contribution in [0, 0.1) is 5.92 Å². The molecule has 84 valence electrons. The molecule has 1 aromatic heterocycles. The standard InChI is InChI=1S/C11H18ClN3/c12-10-8-14-15(11(10)13)7-6-9-4-2-1-3-5-9/h8-9H,1-7,13H2. The predicted octanol–water partition coefficient (Wildman–Crippen LogP) is 3.09. The lowest BCUT2D eigenvalue weighted by Gasteiger charge is -2.21. The molecule has 3 nitrogen and oxygen atoms in total. The Kier molecular flexibility index (Phi) is 3.52. The highest BCUT2D eigenvalue weighted by molar-refractivity contribution is 6.32. The van der Waals surface area contributed by atoms with Crippen molar-refractivity contribution in [3.63, 3.8) is 0 Å². The van der Waals surface area contributed by atoms with Gasteiger partial charge >= 0.3 is 0 Å². The molecule has 15 heavy (non-hydrogen) atoms. The van der Waals surface area contributed by atoms with E-state index in [0.29, 0.717) is 10.8 Å². The Morgan fingerprint density at radius 2 is 2.13 bits per heavy atom. The highest BCUT2D eigenvalue weighted by atomic mass is 35.5. The fourth-order valence-corrected chi connectivity index (χ4v) is 2.47. The average Bonchev–Trinajstić information content (AvgIpc) is 2.59. The molecule has 0 aromatic carbocycles. The Morgan fingerprint density at radius 1 is 1.40 bits per heavy atom. The van der Waals surface area contributed by atoms with Crippen LogP contribution in [0.5, 0.6) is 0 Å². The van der Waals surface area contributed by atoms with Crippen molar-refractivity contribution in [3.8, 4) is 0 Å². The molecule has 0 saturated heterocycles. The first-order valence-electron chi connectivity index (χ1n) is 5.74. The summed E-state index contributed by atoms with van der Waals surface area (Å²) in [5.74, 6) is 1.47. The van der Waals surface area contributed by atoms with E-state index < -0.39 is 0 Å². The number of aromatic nitrogens is 2. The third-order valence-electron chi connectivity index (χ3n) is 3.31. The lowest BCUT2D eigenvalue weighted by atomic mass is 9.87. The Bertz CT molecular complexity index is 316. The van der Waals surface area contributed by atoms with Crippen LogP contribution in [-0.4, -0.2) is 9.78 Å². The van der Waals surface area contributed by atoms with Crippen molar-refractivity contribution in [2.24, 2.45) is 5.92 Å². The molecule has 1 aliphatic rings. The van der Waals surface area contributed by atoms with Crippen LogP contribution in [0.15, 0.2) is 6.20 Å². The van der Waals surface area contributed by atoms with Gasteiger partial charge in [-0.2, -0.15) is 5.10 Å². The van der Waals surface area contributed by atoms with E-state index in [2.05, 4.69) is 5.10 Å². The molecule has 0 amide bonds. The van der Waals surface area contributed by atoms with Gasteiger partial charge in [0.25, 0.3) is 0 Å². The Hall–Kier alpha value is -0.700. The van der Waals surface area contributed by atoms with Crippen LogP contribution >= 0.6 is 11.6 Å². The second-order valence-electron chi connectivity index (χ2n) is 4.39. The van der Waals surface area contributed by atoms with Gasteiger partial charge in [0.1, 0.15) is 10.8 Å². The van der Waals surface area contributed by atoms with Crippen molar-refractivity contribution in [2.45, 2.75) is 45.1 Å². The quantitative estimate of drug-likeness (QED) is 0.863. The SMILES string of the molecule is Nc1c(Cl)cnn1CCC1CCCCC1. The van der Waals surface area contributed by atoms with E-state index in [-0.39, 0.29) is 0 Å². The number of rotatable bonds is 3. The van der Waals surface area contributed by atoms with E-state index in [9.17, 15) is 0 Å². The monoisotopic (exact) mass is 227 g/mol. The zero-order chi connectivity index (χ0) is 10.7. The summed E-state index contributed by atoms with van der Waals surface area (Å²) in [4.78, 5) is 0. The van der Waals surface area contributed by atoms with Gasteiger partial charge in [-0.3, -0.25) is 0 Å². The van der Waals surface area contributed by atoms with E-state index >= 15 is 0 Å². The molecule has 1 aliphatic carbocycles. The molecule has 1 aromatic rings. The molecule has 1 saturated carbocycles. The molecule has 0 aliphatic heterocycles. The van der Waals surface area contributed by atoms with Crippen LogP contribution in [0.2, 0.25) is 5.02 Å². The Morgan fingerprint density at radius 3 is 2.73 bits per heavy atom. The molecule has 2 rings (SSSR count). The topological polar surface area (TPSA) is 43.8 Å². The van der Waals surface area contributed by atoms with Crippen LogP contribution in [0.1, 0.15) is 38.5 Å². The highest BCUT2D eigenvalue weighted by Crippen LogP contribution is 2.27. The maximum atomic E-state index is 5.84. The fourth-order valence-electron chi connectivity index (χ4n) is 2.33. The summed E-state index contributed by atoms with van der Waals surface area (Å²) in [6, 6.07) is 0. The van der Waals surface area contributed by atoms with Gasteiger partial charge in [-0.05, 0) is 12.3 Å². The van der Waals surface area contributed by atoms with Crippen LogP contribution in [0.4, 0.5) is 5.82 Å². The minimum atomic E-state index is 0.568. The van der Waals surface area contributed by atoms with Crippen LogP contribution < -0.4 is 5.73 Å². The molecule has 0 bridgehead atoms. The van der Waals surface area contributed by atoms with E-state index in [1.54, 1.807) is 6.20 Å². The van der Waals surface area contributed by atoms with Crippen molar-refractivity contribution >= 4 is 17.4 Å². The van der Waals surface area contributed by atoms with Gasteiger partial charge in [-0.25, -0.2) is 4.68 Å². The van der Waals surface area contributed by atoms with Crippen molar-refractivity contribution < 1.29 is 0 Å². The maximum Gasteiger partial charge on any atom is 0.140 e. The number of nitrogens with zero attached hydrogens (tertiary/aromatic N) is 2. The third kappa shape index (κ3) is 2.65. The molecule has 0 radical (unpaired) electrons. The molecule has 0 unspecified atom stereocenters. The van der Waals surface area contributed by atoms with E-state index in [4.69, 9.17) is 17.3 Å². The normalized spacial score (nSPS) is 18.2. The van der Waals surface area contributed by atoms with Gasteiger partial charge in [-0.1, -0.05) is 43.7 Å². The Labute approximate surface area is 95.6 Å². The summed E-state index contributed by atoms with van der Waals surface area (Å²) in [5, 5.41) is 4.73. The predicted molar refractivity (Wildman–Crippen MR) is 62.8 cm³/mol. The second kappa shape index (κ2) is 4.88. The van der Waals surface area contributed by atoms with Gasteiger partial charge in [0.05, 0.1) is 6.20 Å². The van der Waals surface area contributed by atoms with Crippen LogP contribution in [0.25, 0.3) is 0 Å². The molecular formula is C11H18ClN3. The molecule has 0 atom stereocenters. The first-order chi connectivity index (χ1) is 7.27.